The van der Waals surface area contributed by atoms with Crippen LogP contribution in [-0.2, 0) is 14.3 Å². The van der Waals surface area contributed by atoms with Crippen molar-refractivity contribution in [3.63, 3.8) is 0 Å². The zero-order chi connectivity index (χ0) is 10.0. The monoisotopic (exact) mass is 235 g/mol. The van der Waals surface area contributed by atoms with Crippen LogP contribution >= 0.6 is 12.4 Å². The Morgan fingerprint density at radius 3 is 2.73 bits per heavy atom. The highest BCUT2D eigenvalue weighted by Gasteiger charge is 2.40. The molecule has 0 aromatic rings. The molecular weight excluding hydrogens is 218 g/mol. The summed E-state index contributed by atoms with van der Waals surface area (Å²) in [6.07, 6.45) is 4.06. The highest BCUT2D eigenvalue weighted by atomic mass is 35.5. The molecule has 88 valence electrons. The molecule has 0 amide bonds. The van der Waals surface area contributed by atoms with Gasteiger partial charge in [-0.05, 0) is 19.3 Å². The highest BCUT2D eigenvalue weighted by Crippen LogP contribution is 2.34. The molecule has 0 aromatic heterocycles. The average Bonchev–Trinajstić information content (AvgIpc) is 2.16. The number of methoxy groups -OCH3 is 1. The normalized spacial score (nSPS) is 27.7. The minimum absolute atomic E-state index is 0. The molecule has 1 saturated heterocycles. The van der Waals surface area contributed by atoms with Crippen LogP contribution in [0, 0.1) is 0 Å². The first-order valence-electron chi connectivity index (χ1n) is 5.18. The second-order valence-corrected chi connectivity index (χ2v) is 4.23. The van der Waals surface area contributed by atoms with Crippen LogP contribution in [0.5, 0.6) is 0 Å². The molecule has 1 spiro atoms. The van der Waals surface area contributed by atoms with Crippen molar-refractivity contribution in [1.82, 2.24) is 5.32 Å². The van der Waals surface area contributed by atoms with E-state index in [-0.39, 0.29) is 30.0 Å². The number of nitrogens with one attached hydrogen (secondary N) is 1. The molecule has 0 aromatic carbocycles. The molecule has 1 heterocycles. The Bertz CT molecular complexity index is 221. The molecule has 0 bridgehead atoms. The van der Waals surface area contributed by atoms with Gasteiger partial charge in [-0.25, -0.2) is 0 Å². The van der Waals surface area contributed by atoms with Gasteiger partial charge in [0.2, 0.25) is 0 Å². The zero-order valence-electron chi connectivity index (χ0n) is 8.95. The maximum Gasteiger partial charge on any atom is 0.308 e. The average molecular weight is 236 g/mol. The van der Waals surface area contributed by atoms with E-state index >= 15 is 0 Å². The van der Waals surface area contributed by atoms with Crippen molar-refractivity contribution >= 4 is 18.4 Å². The first-order chi connectivity index (χ1) is 6.74. The van der Waals surface area contributed by atoms with Gasteiger partial charge in [0.15, 0.2) is 0 Å². The molecule has 2 fully saturated rings. The van der Waals surface area contributed by atoms with E-state index in [2.05, 4.69) is 10.1 Å². The van der Waals surface area contributed by atoms with Gasteiger partial charge in [0, 0.05) is 12.1 Å². The van der Waals surface area contributed by atoms with Gasteiger partial charge in [-0.2, -0.15) is 0 Å². The van der Waals surface area contributed by atoms with Crippen LogP contribution < -0.4 is 5.32 Å². The fraction of sp³-hybridized carbons (Fsp3) is 0.900. The molecule has 0 radical (unpaired) electrons. The minimum atomic E-state index is -0.193. The standard InChI is InChI=1S/C10H17NO3.ClH/c1-13-9(12)5-8-6-11-10(7-14-8)3-2-4-10;/h8,11H,2-7H2,1H3;1H. The van der Waals surface area contributed by atoms with Crippen molar-refractivity contribution in [2.75, 3.05) is 20.3 Å². The second-order valence-electron chi connectivity index (χ2n) is 4.23. The van der Waals surface area contributed by atoms with E-state index in [0.717, 1.165) is 13.2 Å². The predicted octanol–water partition coefficient (Wildman–Crippen LogP) is 0.882. The van der Waals surface area contributed by atoms with Crippen molar-refractivity contribution in [3.8, 4) is 0 Å². The van der Waals surface area contributed by atoms with Crippen LogP contribution in [0.3, 0.4) is 0 Å². The zero-order valence-corrected chi connectivity index (χ0v) is 9.77. The maximum atomic E-state index is 11.0. The number of carbonyl (C=O) groups is 1. The number of esters is 1. The summed E-state index contributed by atoms with van der Waals surface area (Å²) in [7, 11) is 1.41. The minimum Gasteiger partial charge on any atom is -0.469 e. The largest absolute Gasteiger partial charge is 0.469 e. The van der Waals surface area contributed by atoms with E-state index in [0.29, 0.717) is 6.42 Å². The molecule has 5 heteroatoms. The molecule has 2 aliphatic rings. The Morgan fingerprint density at radius 2 is 2.33 bits per heavy atom. The van der Waals surface area contributed by atoms with Crippen molar-refractivity contribution in [1.29, 1.82) is 0 Å². The number of hydrogen-bond acceptors (Lipinski definition) is 4. The van der Waals surface area contributed by atoms with Crippen molar-refractivity contribution < 1.29 is 14.3 Å². The SMILES string of the molecule is COC(=O)CC1CNC2(CCC2)CO1.Cl. The fourth-order valence-electron chi connectivity index (χ4n) is 2.04. The van der Waals surface area contributed by atoms with Crippen LogP contribution in [0.2, 0.25) is 0 Å². The molecule has 1 unspecified atom stereocenters. The summed E-state index contributed by atoms with van der Waals surface area (Å²) in [5.41, 5.74) is 0.243. The lowest BCUT2D eigenvalue weighted by atomic mass is 9.76. The third kappa shape index (κ3) is 2.83. The molecule has 1 saturated carbocycles. The van der Waals surface area contributed by atoms with Gasteiger partial charge in [-0.3, -0.25) is 4.79 Å². The lowest BCUT2D eigenvalue weighted by Gasteiger charge is -2.47. The molecule has 1 N–H and O–H groups in total. The summed E-state index contributed by atoms with van der Waals surface area (Å²) in [5.74, 6) is -0.193. The molecule has 1 aliphatic heterocycles. The Labute approximate surface area is 96.1 Å². The van der Waals surface area contributed by atoms with Crippen LogP contribution in [0.1, 0.15) is 25.7 Å². The van der Waals surface area contributed by atoms with E-state index in [1.54, 1.807) is 0 Å². The van der Waals surface area contributed by atoms with Gasteiger partial charge in [-0.15, -0.1) is 12.4 Å². The second kappa shape index (κ2) is 5.14. The predicted molar refractivity (Wildman–Crippen MR) is 58.2 cm³/mol. The van der Waals surface area contributed by atoms with E-state index in [1.165, 1.54) is 26.4 Å². The lowest BCUT2D eigenvalue weighted by molar-refractivity contribution is -0.146. The van der Waals surface area contributed by atoms with Crippen molar-refractivity contribution in [2.45, 2.75) is 37.3 Å². The Balaban J connectivity index is 0.00000112. The first kappa shape index (κ1) is 12.7. The number of morpholine rings is 1. The summed E-state index contributed by atoms with van der Waals surface area (Å²) in [5, 5.41) is 3.48. The molecule has 4 nitrogen and oxygen atoms in total. The molecule has 1 aliphatic carbocycles. The third-order valence-electron chi connectivity index (χ3n) is 3.23. The molecule has 15 heavy (non-hydrogen) atoms. The summed E-state index contributed by atoms with van der Waals surface area (Å²) in [6.45, 7) is 1.52. The van der Waals surface area contributed by atoms with Crippen LogP contribution in [-0.4, -0.2) is 37.9 Å². The lowest BCUT2D eigenvalue weighted by Crippen LogP contribution is -2.61. The highest BCUT2D eigenvalue weighted by molar-refractivity contribution is 5.85. The van der Waals surface area contributed by atoms with Crippen LogP contribution in [0.15, 0.2) is 0 Å². The quantitative estimate of drug-likeness (QED) is 0.722. The smallest absolute Gasteiger partial charge is 0.308 e. The maximum absolute atomic E-state index is 11.0. The van der Waals surface area contributed by atoms with Gasteiger partial charge < -0.3 is 14.8 Å². The third-order valence-corrected chi connectivity index (χ3v) is 3.23. The van der Waals surface area contributed by atoms with Gasteiger partial charge in [0.25, 0.3) is 0 Å². The molecule has 2 rings (SSSR count). The fourth-order valence-corrected chi connectivity index (χ4v) is 2.04. The van der Waals surface area contributed by atoms with Crippen molar-refractivity contribution in [3.05, 3.63) is 0 Å². The van der Waals surface area contributed by atoms with Crippen molar-refractivity contribution in [2.24, 2.45) is 0 Å². The van der Waals surface area contributed by atoms with E-state index < -0.39 is 0 Å². The van der Waals surface area contributed by atoms with E-state index in [9.17, 15) is 4.79 Å². The van der Waals surface area contributed by atoms with E-state index in [1.807, 2.05) is 0 Å². The summed E-state index contributed by atoms with van der Waals surface area (Å²) in [4.78, 5) is 11.0. The first-order valence-corrected chi connectivity index (χ1v) is 5.18. The Kier molecular flexibility index (Phi) is 4.37. The summed E-state index contributed by atoms with van der Waals surface area (Å²) >= 11 is 0. The van der Waals surface area contributed by atoms with Gasteiger partial charge in [0.1, 0.15) is 0 Å². The number of ether oxygens (including phenoxy) is 2. The number of carbonyl (C=O) groups excluding carboxylic acids is 1. The Hall–Kier alpha value is -0.320. The number of hydrogen-bond donors (Lipinski definition) is 1. The number of rotatable bonds is 2. The number of halogens is 1. The summed E-state index contributed by atoms with van der Waals surface area (Å²) < 4.78 is 10.2. The van der Waals surface area contributed by atoms with Gasteiger partial charge in [-0.1, -0.05) is 0 Å². The molecular formula is C10H18ClNO3. The van der Waals surface area contributed by atoms with Crippen LogP contribution in [0.25, 0.3) is 0 Å². The topological polar surface area (TPSA) is 47.6 Å². The summed E-state index contributed by atoms with van der Waals surface area (Å²) in [6, 6.07) is 0. The van der Waals surface area contributed by atoms with Gasteiger partial charge in [0.05, 0.1) is 26.2 Å². The molecule has 1 atom stereocenters. The van der Waals surface area contributed by atoms with Gasteiger partial charge >= 0.3 is 5.97 Å². The van der Waals surface area contributed by atoms with E-state index in [4.69, 9.17) is 4.74 Å². The Morgan fingerprint density at radius 1 is 1.60 bits per heavy atom. The van der Waals surface area contributed by atoms with Crippen LogP contribution in [0.4, 0.5) is 0 Å².